The topological polar surface area (TPSA) is 67.4 Å². The fourth-order valence-corrected chi connectivity index (χ4v) is 5.48. The number of thiocarbonyl (C=S) groups is 1. The van der Waals surface area contributed by atoms with Gasteiger partial charge in [0, 0.05) is 16.0 Å². The lowest BCUT2D eigenvalue weighted by Gasteiger charge is -2.33. The van der Waals surface area contributed by atoms with Gasteiger partial charge in [-0.3, -0.25) is 10.1 Å². The van der Waals surface area contributed by atoms with E-state index in [1.807, 2.05) is 12.1 Å². The number of carbonyl (C=O) groups excluding carboxylic acids is 2. The van der Waals surface area contributed by atoms with Gasteiger partial charge in [-0.15, -0.1) is 11.3 Å². The Morgan fingerprint density at radius 3 is 2.56 bits per heavy atom. The summed E-state index contributed by atoms with van der Waals surface area (Å²) in [6, 6.07) is 7.13. The van der Waals surface area contributed by atoms with Crippen molar-refractivity contribution in [2.24, 2.45) is 11.3 Å². The maximum Gasteiger partial charge on any atom is 0.341 e. The van der Waals surface area contributed by atoms with E-state index in [0.717, 1.165) is 30.4 Å². The van der Waals surface area contributed by atoms with Gasteiger partial charge in [0.2, 0.25) is 5.91 Å². The molecule has 1 aliphatic rings. The first-order valence-corrected chi connectivity index (χ1v) is 12.0. The van der Waals surface area contributed by atoms with E-state index >= 15 is 0 Å². The number of nitrogens with one attached hydrogen (secondary N) is 2. The predicted octanol–water partition coefficient (Wildman–Crippen LogP) is 5.87. The smallest absolute Gasteiger partial charge is 0.341 e. The molecule has 1 aromatic heterocycles. The number of ether oxygens (including phenoxy) is 1. The molecular weight excluding hydrogens is 464 g/mol. The number of hydrogen-bond acceptors (Lipinski definition) is 5. The van der Waals surface area contributed by atoms with Crippen LogP contribution in [-0.2, 0) is 22.4 Å². The minimum atomic E-state index is -0.393. The third-order valence-corrected chi connectivity index (χ3v) is 7.27. The van der Waals surface area contributed by atoms with Gasteiger partial charge < -0.3 is 10.1 Å². The average molecular weight is 491 g/mol. The van der Waals surface area contributed by atoms with Crippen LogP contribution in [0.4, 0.5) is 5.00 Å². The zero-order valence-electron chi connectivity index (χ0n) is 18.6. The SMILES string of the molecule is COC(=O)c1c(NC(=S)NC(=O)/C=C/c2ccc(Cl)cc2)sc2c1CCC(C(C)(C)C)C2. The molecule has 0 radical (unpaired) electrons. The fraction of sp³-hybridized carbons (Fsp3) is 0.375. The fourth-order valence-electron chi connectivity index (χ4n) is 3.76. The van der Waals surface area contributed by atoms with E-state index in [1.165, 1.54) is 29.4 Å². The number of thiophene rings is 1. The van der Waals surface area contributed by atoms with Gasteiger partial charge in [-0.05, 0) is 72.1 Å². The van der Waals surface area contributed by atoms with Crippen molar-refractivity contribution in [3.63, 3.8) is 0 Å². The van der Waals surface area contributed by atoms with Crippen molar-refractivity contribution in [1.82, 2.24) is 5.32 Å². The molecule has 1 heterocycles. The number of hydrogen-bond donors (Lipinski definition) is 2. The quantitative estimate of drug-likeness (QED) is 0.319. The van der Waals surface area contributed by atoms with Crippen LogP contribution in [0.5, 0.6) is 0 Å². The summed E-state index contributed by atoms with van der Waals surface area (Å²) in [7, 11) is 1.37. The largest absolute Gasteiger partial charge is 0.465 e. The van der Waals surface area contributed by atoms with Crippen LogP contribution in [0.1, 0.15) is 53.6 Å². The Morgan fingerprint density at radius 1 is 1.25 bits per heavy atom. The molecule has 1 aliphatic carbocycles. The Hall–Kier alpha value is -2.22. The molecule has 0 spiro atoms. The van der Waals surface area contributed by atoms with Gasteiger partial charge in [0.1, 0.15) is 5.00 Å². The number of fused-ring (bicyclic) bond motifs is 1. The van der Waals surface area contributed by atoms with Crippen molar-refractivity contribution >= 4 is 63.2 Å². The van der Waals surface area contributed by atoms with Crippen LogP contribution in [-0.4, -0.2) is 24.1 Å². The highest BCUT2D eigenvalue weighted by atomic mass is 35.5. The van der Waals surface area contributed by atoms with Gasteiger partial charge in [0.15, 0.2) is 5.11 Å². The Kier molecular flexibility index (Phi) is 7.75. The van der Waals surface area contributed by atoms with Crippen molar-refractivity contribution in [2.45, 2.75) is 40.0 Å². The minimum Gasteiger partial charge on any atom is -0.465 e. The van der Waals surface area contributed by atoms with Gasteiger partial charge in [0.05, 0.1) is 12.7 Å². The van der Waals surface area contributed by atoms with Gasteiger partial charge in [-0.1, -0.05) is 44.5 Å². The van der Waals surface area contributed by atoms with Gasteiger partial charge >= 0.3 is 5.97 Å². The number of methoxy groups -OCH3 is 1. The summed E-state index contributed by atoms with van der Waals surface area (Å²) in [6.45, 7) is 6.75. The maximum absolute atomic E-state index is 12.5. The number of halogens is 1. The van der Waals surface area contributed by atoms with Crippen molar-refractivity contribution in [1.29, 1.82) is 0 Å². The molecule has 1 aromatic carbocycles. The summed E-state index contributed by atoms with van der Waals surface area (Å²) in [4.78, 5) is 26.0. The molecule has 3 rings (SSSR count). The number of anilines is 1. The van der Waals surface area contributed by atoms with Crippen molar-refractivity contribution in [3.05, 3.63) is 56.9 Å². The van der Waals surface area contributed by atoms with Crippen LogP contribution in [0.15, 0.2) is 30.3 Å². The molecule has 2 N–H and O–H groups in total. The monoisotopic (exact) mass is 490 g/mol. The molecule has 5 nitrogen and oxygen atoms in total. The Balaban J connectivity index is 1.72. The van der Waals surface area contributed by atoms with Crippen LogP contribution in [0.25, 0.3) is 6.08 Å². The second-order valence-electron chi connectivity index (χ2n) is 8.83. The zero-order valence-corrected chi connectivity index (χ0v) is 21.0. The van der Waals surface area contributed by atoms with Crippen LogP contribution in [0, 0.1) is 11.3 Å². The van der Waals surface area contributed by atoms with Gasteiger partial charge in [-0.2, -0.15) is 0 Å². The highest BCUT2D eigenvalue weighted by Crippen LogP contribution is 2.44. The first-order valence-electron chi connectivity index (χ1n) is 10.4. The lowest BCUT2D eigenvalue weighted by molar-refractivity contribution is -0.115. The molecule has 32 heavy (non-hydrogen) atoms. The van der Waals surface area contributed by atoms with Crippen LogP contribution < -0.4 is 10.6 Å². The van der Waals surface area contributed by atoms with Crippen LogP contribution in [0.3, 0.4) is 0 Å². The predicted molar refractivity (Wildman–Crippen MR) is 135 cm³/mol. The van der Waals surface area contributed by atoms with E-state index in [0.29, 0.717) is 21.5 Å². The molecule has 8 heteroatoms. The molecule has 1 amide bonds. The normalized spacial score (nSPS) is 15.8. The van der Waals surface area contributed by atoms with Crippen molar-refractivity contribution in [2.75, 3.05) is 12.4 Å². The van der Waals surface area contributed by atoms with E-state index in [-0.39, 0.29) is 16.4 Å². The highest BCUT2D eigenvalue weighted by molar-refractivity contribution is 7.80. The van der Waals surface area contributed by atoms with Crippen molar-refractivity contribution in [3.8, 4) is 0 Å². The summed E-state index contributed by atoms with van der Waals surface area (Å²) in [5, 5.41) is 7.05. The molecule has 0 fully saturated rings. The minimum absolute atomic E-state index is 0.131. The lowest BCUT2D eigenvalue weighted by atomic mass is 9.72. The molecule has 0 aliphatic heterocycles. The van der Waals surface area contributed by atoms with E-state index in [2.05, 4.69) is 31.4 Å². The standard InChI is InChI=1S/C24H27ClN2O3S2/c1-24(2,3)15-8-11-17-18(13-15)32-21(20(17)22(29)30-4)27-23(31)26-19(28)12-7-14-5-9-16(25)10-6-14/h5-7,9-10,12,15H,8,11,13H2,1-4H3,(H2,26,27,28,31)/b12-7+. The molecule has 0 bridgehead atoms. The number of amides is 1. The number of benzene rings is 1. The zero-order chi connectivity index (χ0) is 23.5. The maximum atomic E-state index is 12.5. The highest BCUT2D eigenvalue weighted by Gasteiger charge is 2.34. The van der Waals surface area contributed by atoms with Crippen molar-refractivity contribution < 1.29 is 14.3 Å². The first-order chi connectivity index (χ1) is 15.1. The van der Waals surface area contributed by atoms with E-state index in [9.17, 15) is 9.59 Å². The molecule has 2 aromatic rings. The third kappa shape index (κ3) is 5.97. The van der Waals surface area contributed by atoms with Gasteiger partial charge in [-0.25, -0.2) is 4.79 Å². The van der Waals surface area contributed by atoms with E-state index in [4.69, 9.17) is 28.6 Å². The summed E-state index contributed by atoms with van der Waals surface area (Å²) in [5.41, 5.74) is 2.59. The molecule has 1 atom stereocenters. The first kappa shape index (κ1) is 24.4. The summed E-state index contributed by atoms with van der Waals surface area (Å²) in [6.07, 6.45) is 5.82. The van der Waals surface area contributed by atoms with E-state index < -0.39 is 5.97 Å². The lowest BCUT2D eigenvalue weighted by Crippen LogP contribution is -2.33. The number of esters is 1. The number of carbonyl (C=O) groups is 2. The summed E-state index contributed by atoms with van der Waals surface area (Å²) >= 11 is 12.7. The van der Waals surface area contributed by atoms with Crippen LogP contribution in [0.2, 0.25) is 5.02 Å². The second-order valence-corrected chi connectivity index (χ2v) is 10.8. The summed E-state index contributed by atoms with van der Waals surface area (Å²) < 4.78 is 5.03. The second kappa shape index (κ2) is 10.1. The molecule has 0 saturated carbocycles. The molecule has 0 saturated heterocycles. The van der Waals surface area contributed by atoms with Crippen LogP contribution >= 0.6 is 35.2 Å². The van der Waals surface area contributed by atoms with Gasteiger partial charge in [0.25, 0.3) is 0 Å². The number of rotatable bonds is 4. The average Bonchev–Trinajstić information content (AvgIpc) is 3.08. The molecule has 170 valence electrons. The Morgan fingerprint density at radius 2 is 1.94 bits per heavy atom. The molecular formula is C24H27ClN2O3S2. The molecule has 1 unspecified atom stereocenters. The third-order valence-electron chi connectivity index (χ3n) is 5.64. The Bertz CT molecular complexity index is 1050. The Labute approximate surface area is 203 Å². The van der Waals surface area contributed by atoms with E-state index in [1.54, 1.807) is 18.2 Å². The summed E-state index contributed by atoms with van der Waals surface area (Å²) in [5.74, 6) is -0.223.